The van der Waals surface area contributed by atoms with Gasteiger partial charge >= 0.3 is 0 Å². The van der Waals surface area contributed by atoms with Gasteiger partial charge in [-0.3, -0.25) is 0 Å². The van der Waals surface area contributed by atoms with Crippen LogP contribution in [0.1, 0.15) is 67.2 Å². The minimum absolute atomic E-state index is 0.0473. The van der Waals surface area contributed by atoms with Gasteiger partial charge < -0.3 is 25.2 Å². The van der Waals surface area contributed by atoms with Crippen molar-refractivity contribution in [2.75, 3.05) is 6.61 Å². The zero-order valence-electron chi connectivity index (χ0n) is 21.5. The summed E-state index contributed by atoms with van der Waals surface area (Å²) >= 11 is 0. The molecule has 0 bridgehead atoms. The number of aliphatic hydroxyl groups excluding tert-OH is 1. The summed E-state index contributed by atoms with van der Waals surface area (Å²) in [6.45, 7) is 19.6. The van der Waals surface area contributed by atoms with E-state index in [9.17, 15) is 13.9 Å². The van der Waals surface area contributed by atoms with Crippen LogP contribution in [0.15, 0.2) is 72.0 Å². The summed E-state index contributed by atoms with van der Waals surface area (Å²) in [5.41, 5.74) is 8.87. The van der Waals surface area contributed by atoms with Crippen molar-refractivity contribution in [3.63, 3.8) is 0 Å². The Hall–Kier alpha value is -2.54. The normalized spacial score (nSPS) is 18.3. The van der Waals surface area contributed by atoms with Crippen molar-refractivity contribution in [2.45, 2.75) is 79.8 Å². The first-order valence-corrected chi connectivity index (χ1v) is 11.8. The maximum absolute atomic E-state index is 12.5. The van der Waals surface area contributed by atoms with Crippen LogP contribution in [0.4, 0.5) is 8.78 Å². The van der Waals surface area contributed by atoms with E-state index in [0.717, 1.165) is 37.1 Å². The molecule has 0 aromatic heterocycles. The first-order valence-electron chi connectivity index (χ1n) is 11.8. The Labute approximate surface area is 204 Å². The Kier molecular flexibility index (Phi) is 11.6. The van der Waals surface area contributed by atoms with Gasteiger partial charge in [0.1, 0.15) is 12.4 Å². The first kappa shape index (κ1) is 29.5. The van der Waals surface area contributed by atoms with Crippen LogP contribution in [0, 0.1) is 11.3 Å². The van der Waals surface area contributed by atoms with Gasteiger partial charge in [0, 0.05) is 11.4 Å². The van der Waals surface area contributed by atoms with Crippen LogP contribution in [0.3, 0.4) is 0 Å². The van der Waals surface area contributed by atoms with Crippen molar-refractivity contribution in [3.8, 4) is 0 Å². The molecular weight excluding hydrogens is 438 g/mol. The lowest BCUT2D eigenvalue weighted by atomic mass is 9.65. The molecule has 1 aliphatic heterocycles. The number of nitrogens with zero attached hydrogens (tertiary/aromatic N) is 1. The van der Waals surface area contributed by atoms with Gasteiger partial charge in [-0.05, 0) is 75.2 Å². The fourth-order valence-electron chi connectivity index (χ4n) is 4.41. The molecule has 34 heavy (non-hydrogen) atoms. The Morgan fingerprint density at radius 1 is 1.24 bits per heavy atom. The molecule has 2 atom stereocenters. The van der Waals surface area contributed by atoms with Crippen molar-refractivity contribution >= 4 is 0 Å². The molecule has 1 heterocycles. The van der Waals surface area contributed by atoms with E-state index in [-0.39, 0.29) is 23.2 Å². The van der Waals surface area contributed by atoms with Gasteiger partial charge in [-0.25, -0.2) is 8.78 Å². The zero-order chi connectivity index (χ0) is 26.1. The molecular formula is C27H42F2N2O3. The molecule has 0 spiro atoms. The van der Waals surface area contributed by atoms with Crippen molar-refractivity contribution in [2.24, 2.45) is 17.1 Å². The van der Waals surface area contributed by atoms with E-state index < -0.39 is 13.0 Å². The number of aliphatic hydroxyl groups is 1. The first-order chi connectivity index (χ1) is 15.9. The Bertz CT molecular complexity index is 841. The van der Waals surface area contributed by atoms with E-state index in [1.807, 2.05) is 18.7 Å². The topological polar surface area (TPSA) is 68.0 Å². The quantitative estimate of drug-likeness (QED) is 0.213. The minimum atomic E-state index is -2.63. The highest BCUT2D eigenvalue weighted by molar-refractivity contribution is 5.36. The average Bonchev–Trinajstić information content (AvgIpc) is 2.76. The van der Waals surface area contributed by atoms with E-state index in [1.165, 1.54) is 11.6 Å². The van der Waals surface area contributed by atoms with Gasteiger partial charge in [0.25, 0.3) is 6.43 Å². The Morgan fingerprint density at radius 2 is 1.88 bits per heavy atom. The van der Waals surface area contributed by atoms with E-state index in [4.69, 9.17) is 15.2 Å². The van der Waals surface area contributed by atoms with Gasteiger partial charge in [0.05, 0.1) is 12.3 Å². The van der Waals surface area contributed by atoms with E-state index in [2.05, 4.69) is 40.9 Å². The van der Waals surface area contributed by atoms with Crippen molar-refractivity contribution in [1.29, 1.82) is 0 Å². The monoisotopic (exact) mass is 480 g/mol. The molecule has 0 aromatic carbocycles. The molecule has 0 aliphatic carbocycles. The van der Waals surface area contributed by atoms with Crippen molar-refractivity contribution in [3.05, 3.63) is 72.0 Å². The van der Waals surface area contributed by atoms with Gasteiger partial charge in [0.15, 0.2) is 5.76 Å². The molecule has 0 saturated carbocycles. The molecule has 3 N–H and O–H groups in total. The molecule has 192 valence electrons. The predicted octanol–water partition coefficient (Wildman–Crippen LogP) is 6.72. The second-order valence-electron chi connectivity index (χ2n) is 9.12. The second kappa shape index (κ2) is 13.4. The van der Waals surface area contributed by atoms with Crippen LogP contribution < -0.4 is 5.73 Å². The summed E-state index contributed by atoms with van der Waals surface area (Å²) in [6, 6.07) is 0. The lowest BCUT2D eigenvalue weighted by Crippen LogP contribution is -2.33. The maximum atomic E-state index is 12.5. The molecule has 0 amide bonds. The van der Waals surface area contributed by atoms with Crippen LogP contribution in [0.2, 0.25) is 0 Å². The summed E-state index contributed by atoms with van der Waals surface area (Å²) in [6.07, 6.45) is 7.15. The summed E-state index contributed by atoms with van der Waals surface area (Å²) in [4.78, 5) is 1.95. The summed E-state index contributed by atoms with van der Waals surface area (Å²) in [5, 5.41) is 9.98. The number of rotatable bonds is 14. The van der Waals surface area contributed by atoms with E-state index in [1.54, 1.807) is 18.4 Å². The Balaban J connectivity index is 3.35. The number of allylic oxidation sites excluding steroid dienone is 5. The van der Waals surface area contributed by atoms with Crippen molar-refractivity contribution < 1.29 is 23.4 Å². The van der Waals surface area contributed by atoms with Gasteiger partial charge in [-0.15, -0.1) is 0 Å². The maximum Gasteiger partial charge on any atom is 0.272 e. The van der Waals surface area contributed by atoms with Crippen molar-refractivity contribution in [1.82, 2.24) is 4.90 Å². The van der Waals surface area contributed by atoms with Crippen LogP contribution >= 0.6 is 0 Å². The third-order valence-electron chi connectivity index (χ3n) is 6.49. The average molecular weight is 481 g/mol. The second-order valence-corrected chi connectivity index (χ2v) is 9.12. The molecule has 2 unspecified atom stereocenters. The number of hydrogen-bond donors (Lipinski definition) is 2. The summed E-state index contributed by atoms with van der Waals surface area (Å²) < 4.78 is 35.7. The van der Waals surface area contributed by atoms with E-state index >= 15 is 0 Å². The fraction of sp³-hybridized carbons (Fsp3) is 0.556. The van der Waals surface area contributed by atoms with Gasteiger partial charge in [-0.1, -0.05) is 40.3 Å². The molecule has 0 aromatic rings. The highest BCUT2D eigenvalue weighted by atomic mass is 19.3. The highest BCUT2D eigenvalue weighted by Crippen LogP contribution is 2.46. The highest BCUT2D eigenvalue weighted by Gasteiger charge is 2.36. The third-order valence-corrected chi connectivity index (χ3v) is 6.49. The summed E-state index contributed by atoms with van der Waals surface area (Å²) in [7, 11) is 0. The molecule has 7 heteroatoms. The van der Waals surface area contributed by atoms with Crippen LogP contribution in [0.5, 0.6) is 0 Å². The van der Waals surface area contributed by atoms with Crippen LogP contribution in [-0.4, -0.2) is 29.1 Å². The molecule has 0 fully saturated rings. The van der Waals surface area contributed by atoms with Crippen LogP contribution in [0.25, 0.3) is 0 Å². The number of alkyl halides is 2. The largest absolute Gasteiger partial charge is 0.482 e. The number of nitrogens with two attached hydrogens (primary N) is 1. The SMILES string of the molecule is C=C/C(OCC(F)F)=C(\N)OC1=CN(/C(C)=C(\C)C(CCC)(CCC(C)O)C(C)C)C(=C)C=C1. The zero-order valence-corrected chi connectivity index (χ0v) is 21.5. The summed E-state index contributed by atoms with van der Waals surface area (Å²) in [5.74, 6) is 0.576. The molecule has 5 nitrogen and oxygen atoms in total. The standard InChI is InChI=1S/C27H42F2N2O3/c1-9-14-27(18(3)4,15-13-20(6)32)21(7)22(8)31-16-23(12-11-19(31)5)34-26(30)24(10-2)33-17-25(28)29/h10-12,16,18,20,25,32H,2,5,9,13-15,17,30H2,1,3-4,6-8H3/b22-21+,26-24-. The van der Waals surface area contributed by atoms with Gasteiger partial charge in [-0.2, -0.15) is 0 Å². The smallest absolute Gasteiger partial charge is 0.272 e. The lowest BCUT2D eigenvalue weighted by Gasteiger charge is -2.42. The molecule has 0 saturated heterocycles. The van der Waals surface area contributed by atoms with E-state index in [0.29, 0.717) is 11.7 Å². The predicted molar refractivity (Wildman–Crippen MR) is 134 cm³/mol. The molecule has 1 rings (SSSR count). The molecule has 0 radical (unpaired) electrons. The number of ether oxygens (including phenoxy) is 2. The third kappa shape index (κ3) is 7.76. The fourth-order valence-corrected chi connectivity index (χ4v) is 4.41. The Morgan fingerprint density at radius 3 is 2.38 bits per heavy atom. The lowest BCUT2D eigenvalue weighted by molar-refractivity contribution is 0.0477. The van der Waals surface area contributed by atoms with Crippen LogP contribution in [-0.2, 0) is 9.47 Å². The minimum Gasteiger partial charge on any atom is -0.482 e. The molecule has 1 aliphatic rings. The van der Waals surface area contributed by atoms with Gasteiger partial charge in [0.2, 0.25) is 5.88 Å². The number of hydrogen-bond acceptors (Lipinski definition) is 5. The number of halogens is 2.